The van der Waals surface area contributed by atoms with E-state index in [0.717, 1.165) is 6.54 Å². The summed E-state index contributed by atoms with van der Waals surface area (Å²) in [4.78, 5) is 12.0. The number of ketones is 1. The van der Waals surface area contributed by atoms with Gasteiger partial charge in [-0.05, 0) is 31.5 Å². The number of fused-ring (bicyclic) bond motifs is 1. The zero-order valence-electron chi connectivity index (χ0n) is 9.16. The van der Waals surface area contributed by atoms with Crippen molar-refractivity contribution in [2.24, 2.45) is 0 Å². The van der Waals surface area contributed by atoms with Gasteiger partial charge in [0.2, 0.25) is 0 Å². The zero-order chi connectivity index (χ0) is 11.7. The van der Waals surface area contributed by atoms with Gasteiger partial charge in [-0.3, -0.25) is 4.79 Å². The van der Waals surface area contributed by atoms with Gasteiger partial charge in [-0.1, -0.05) is 6.92 Å². The van der Waals surface area contributed by atoms with Gasteiger partial charge in [-0.2, -0.15) is 0 Å². The number of aromatic hydroxyl groups is 2. The lowest BCUT2D eigenvalue weighted by Gasteiger charge is -2.24. The molecule has 0 unspecified atom stereocenters. The summed E-state index contributed by atoms with van der Waals surface area (Å²) < 4.78 is 0. The van der Waals surface area contributed by atoms with E-state index in [1.54, 1.807) is 6.07 Å². The lowest BCUT2D eigenvalue weighted by Crippen LogP contribution is -2.40. The number of phenolic OH excluding ortho intramolecular Hbond substituents is 2. The Morgan fingerprint density at radius 3 is 2.88 bits per heavy atom. The van der Waals surface area contributed by atoms with Crippen molar-refractivity contribution in [3.05, 3.63) is 23.3 Å². The maximum Gasteiger partial charge on any atom is 0.180 e. The predicted octanol–water partition coefficient (Wildman–Crippen LogP) is 1.20. The average Bonchev–Trinajstić information content (AvgIpc) is 2.28. The van der Waals surface area contributed by atoms with E-state index in [1.807, 2.05) is 6.92 Å². The van der Waals surface area contributed by atoms with Crippen molar-refractivity contribution in [2.45, 2.75) is 25.8 Å². The van der Waals surface area contributed by atoms with Gasteiger partial charge in [0.1, 0.15) is 0 Å². The van der Waals surface area contributed by atoms with Crippen molar-refractivity contribution in [1.82, 2.24) is 5.32 Å². The Hall–Kier alpha value is -1.55. The molecule has 2 rings (SSSR count). The van der Waals surface area contributed by atoms with E-state index in [4.69, 9.17) is 0 Å². The van der Waals surface area contributed by atoms with Crippen molar-refractivity contribution in [3.8, 4) is 11.5 Å². The fourth-order valence-electron chi connectivity index (χ4n) is 2.16. The third-order valence-corrected chi connectivity index (χ3v) is 2.98. The molecule has 0 radical (unpaired) electrons. The molecule has 0 aromatic heterocycles. The summed E-state index contributed by atoms with van der Waals surface area (Å²) in [6.45, 7) is 2.70. The molecular formula is C12H15NO3. The number of rotatable bonds is 2. The Kier molecular flexibility index (Phi) is 2.83. The van der Waals surface area contributed by atoms with E-state index in [-0.39, 0.29) is 23.3 Å². The van der Waals surface area contributed by atoms with Gasteiger partial charge in [0.15, 0.2) is 17.3 Å². The first-order valence-electron chi connectivity index (χ1n) is 5.46. The van der Waals surface area contributed by atoms with Gasteiger partial charge in [-0.15, -0.1) is 0 Å². The molecule has 0 heterocycles. The second-order valence-corrected chi connectivity index (χ2v) is 3.97. The van der Waals surface area contributed by atoms with Crippen LogP contribution in [0.2, 0.25) is 0 Å². The molecular weight excluding hydrogens is 206 g/mol. The van der Waals surface area contributed by atoms with Gasteiger partial charge < -0.3 is 15.5 Å². The first-order chi connectivity index (χ1) is 7.65. The van der Waals surface area contributed by atoms with E-state index in [2.05, 4.69) is 5.32 Å². The van der Waals surface area contributed by atoms with Crippen LogP contribution in [-0.4, -0.2) is 28.6 Å². The lowest BCUT2D eigenvalue weighted by molar-refractivity contribution is 0.0928. The van der Waals surface area contributed by atoms with E-state index in [0.29, 0.717) is 24.0 Å². The number of hydrogen-bond acceptors (Lipinski definition) is 4. The molecule has 16 heavy (non-hydrogen) atoms. The summed E-state index contributed by atoms with van der Waals surface area (Å²) in [5.74, 6) is -0.312. The highest BCUT2D eigenvalue weighted by Gasteiger charge is 2.29. The molecule has 1 aliphatic rings. The van der Waals surface area contributed by atoms with Crippen molar-refractivity contribution < 1.29 is 15.0 Å². The Labute approximate surface area is 93.9 Å². The fraction of sp³-hybridized carbons (Fsp3) is 0.417. The maximum atomic E-state index is 12.0. The third kappa shape index (κ3) is 1.65. The third-order valence-electron chi connectivity index (χ3n) is 2.98. The predicted molar refractivity (Wildman–Crippen MR) is 59.9 cm³/mol. The Bertz CT molecular complexity index is 429. The Morgan fingerprint density at radius 2 is 2.19 bits per heavy atom. The van der Waals surface area contributed by atoms with Crippen LogP contribution in [0.25, 0.3) is 0 Å². The number of hydrogen-bond donors (Lipinski definition) is 3. The molecule has 0 aliphatic heterocycles. The van der Waals surface area contributed by atoms with E-state index < -0.39 is 0 Å². The Morgan fingerprint density at radius 1 is 1.44 bits per heavy atom. The summed E-state index contributed by atoms with van der Waals surface area (Å²) >= 11 is 0. The minimum absolute atomic E-state index is 0.00148. The van der Waals surface area contributed by atoms with Crippen LogP contribution in [0.5, 0.6) is 11.5 Å². The molecule has 0 saturated heterocycles. The van der Waals surface area contributed by atoms with Crippen molar-refractivity contribution >= 4 is 5.78 Å². The maximum absolute atomic E-state index is 12.0. The normalized spacial score (nSPS) is 19.6. The molecule has 0 fully saturated rings. The Balaban J connectivity index is 2.39. The first kappa shape index (κ1) is 11.0. The molecule has 0 amide bonds. The smallest absolute Gasteiger partial charge is 0.180 e. The van der Waals surface area contributed by atoms with Gasteiger partial charge in [0, 0.05) is 11.1 Å². The minimum Gasteiger partial charge on any atom is -0.504 e. The molecule has 1 aromatic carbocycles. The quantitative estimate of drug-likeness (QED) is 0.656. The second-order valence-electron chi connectivity index (χ2n) is 3.97. The average molecular weight is 221 g/mol. The molecule has 1 aliphatic carbocycles. The fourth-order valence-corrected chi connectivity index (χ4v) is 2.16. The van der Waals surface area contributed by atoms with Crippen molar-refractivity contribution in [2.75, 3.05) is 6.54 Å². The molecule has 1 aromatic rings. The lowest BCUT2D eigenvalue weighted by atomic mass is 9.86. The highest BCUT2D eigenvalue weighted by Crippen LogP contribution is 2.35. The molecule has 4 nitrogen and oxygen atoms in total. The van der Waals surface area contributed by atoms with Crippen LogP contribution in [-0.2, 0) is 6.42 Å². The van der Waals surface area contributed by atoms with Crippen LogP contribution < -0.4 is 5.32 Å². The summed E-state index contributed by atoms with van der Waals surface area (Å²) in [5.41, 5.74) is 1.09. The number of nitrogens with one attached hydrogen (secondary N) is 1. The van der Waals surface area contributed by atoms with E-state index >= 15 is 0 Å². The van der Waals surface area contributed by atoms with Crippen LogP contribution in [0, 0.1) is 0 Å². The molecule has 86 valence electrons. The van der Waals surface area contributed by atoms with Crippen molar-refractivity contribution in [3.63, 3.8) is 0 Å². The minimum atomic E-state index is -0.165. The van der Waals surface area contributed by atoms with Crippen molar-refractivity contribution in [1.29, 1.82) is 0 Å². The molecule has 0 bridgehead atoms. The van der Waals surface area contributed by atoms with Crippen LogP contribution in [0.4, 0.5) is 0 Å². The largest absolute Gasteiger partial charge is 0.504 e. The van der Waals surface area contributed by atoms with Gasteiger partial charge in [-0.25, -0.2) is 0 Å². The second kappa shape index (κ2) is 4.14. The van der Waals surface area contributed by atoms with Gasteiger partial charge in [0.25, 0.3) is 0 Å². The van der Waals surface area contributed by atoms with Gasteiger partial charge in [0.05, 0.1) is 6.04 Å². The number of likely N-dealkylation sites (N-methyl/N-ethyl adjacent to an activating group) is 1. The van der Waals surface area contributed by atoms with Crippen LogP contribution >= 0.6 is 0 Å². The van der Waals surface area contributed by atoms with Gasteiger partial charge >= 0.3 is 0 Å². The molecule has 4 heteroatoms. The molecule has 3 N–H and O–H groups in total. The summed E-state index contributed by atoms with van der Waals surface area (Å²) in [5, 5.41) is 22.1. The number of phenols is 2. The zero-order valence-corrected chi connectivity index (χ0v) is 9.16. The van der Waals surface area contributed by atoms with Crippen LogP contribution in [0.15, 0.2) is 12.1 Å². The highest BCUT2D eigenvalue weighted by molar-refractivity contribution is 6.03. The summed E-state index contributed by atoms with van der Waals surface area (Å²) in [7, 11) is 0. The number of carbonyl (C=O) groups excluding carboxylic acids is 1. The topological polar surface area (TPSA) is 69.6 Å². The molecule has 1 atom stereocenters. The van der Waals surface area contributed by atoms with Crippen LogP contribution in [0.3, 0.4) is 0 Å². The first-order valence-corrected chi connectivity index (χ1v) is 5.46. The summed E-state index contributed by atoms with van der Waals surface area (Å²) in [6.07, 6.45) is 1.27. The molecule has 0 spiro atoms. The number of benzene rings is 1. The van der Waals surface area contributed by atoms with Crippen LogP contribution in [0.1, 0.15) is 29.3 Å². The monoisotopic (exact) mass is 221 g/mol. The van der Waals surface area contributed by atoms with E-state index in [1.165, 1.54) is 6.07 Å². The number of carbonyl (C=O) groups is 1. The van der Waals surface area contributed by atoms with E-state index in [9.17, 15) is 15.0 Å². The molecule has 0 saturated carbocycles. The number of Topliss-reactive ketones (excluding diaryl/α,β-unsaturated/α-hetero) is 1. The summed E-state index contributed by atoms with van der Waals surface area (Å²) in [6, 6.07) is 2.78. The highest BCUT2D eigenvalue weighted by atomic mass is 16.3. The SMILES string of the molecule is CCN[C@H]1CCc2c(ccc(O)c2O)C1=O. The standard InChI is InChI=1S/C12H15NO3/c1-2-13-9-5-3-8-7(11(9)15)4-6-10(14)12(8)16/h4,6,9,13-14,16H,2-3,5H2,1H3/t9-/m0/s1.